The van der Waals surface area contributed by atoms with Gasteiger partial charge in [-0.3, -0.25) is 4.79 Å². The highest BCUT2D eigenvalue weighted by atomic mass is 16.5. The Balaban J connectivity index is 1.86. The number of aliphatic hydroxyl groups excluding tert-OH is 2. The van der Waals surface area contributed by atoms with Gasteiger partial charge in [-0.15, -0.1) is 0 Å². The lowest BCUT2D eigenvalue weighted by Crippen LogP contribution is -2.08. The van der Waals surface area contributed by atoms with Crippen molar-refractivity contribution in [3.8, 4) is 16.9 Å². The van der Waals surface area contributed by atoms with Crippen LogP contribution in [-0.2, 0) is 19.6 Å². The van der Waals surface area contributed by atoms with E-state index < -0.39 is 0 Å². The fourth-order valence-electron chi connectivity index (χ4n) is 4.10. The third-order valence-corrected chi connectivity index (χ3v) is 5.97. The molecule has 3 aromatic rings. The van der Waals surface area contributed by atoms with Crippen molar-refractivity contribution in [2.75, 3.05) is 7.11 Å². The van der Waals surface area contributed by atoms with Gasteiger partial charge in [-0.25, -0.2) is 0 Å². The van der Waals surface area contributed by atoms with Gasteiger partial charge in [0.2, 0.25) is 5.43 Å². The van der Waals surface area contributed by atoms with Gasteiger partial charge in [0.15, 0.2) is 0 Å². The van der Waals surface area contributed by atoms with E-state index in [1.54, 1.807) is 19.2 Å². The molecule has 180 valence electrons. The maximum absolute atomic E-state index is 13.3. The van der Waals surface area contributed by atoms with E-state index in [1.165, 1.54) is 17.4 Å². The number of aryl methyl sites for hydroxylation is 1. The zero-order valence-corrected chi connectivity index (χ0v) is 20.5. The number of hydrogen-bond acceptors (Lipinski definition) is 5. The second kappa shape index (κ2) is 11.8. The summed E-state index contributed by atoms with van der Waals surface area (Å²) in [6, 6.07) is 9.01. The molecule has 0 aliphatic carbocycles. The van der Waals surface area contributed by atoms with Crippen molar-refractivity contribution in [2.24, 2.45) is 0 Å². The molecule has 34 heavy (non-hydrogen) atoms. The van der Waals surface area contributed by atoms with Crippen LogP contribution in [0.1, 0.15) is 56.7 Å². The van der Waals surface area contributed by atoms with Crippen molar-refractivity contribution in [3.63, 3.8) is 0 Å². The van der Waals surface area contributed by atoms with Crippen LogP contribution in [0.2, 0.25) is 0 Å². The molecule has 0 atom stereocenters. The summed E-state index contributed by atoms with van der Waals surface area (Å²) in [4.78, 5) is 13.3. The lowest BCUT2D eigenvalue weighted by Gasteiger charge is -2.12. The Morgan fingerprint density at radius 1 is 1.00 bits per heavy atom. The van der Waals surface area contributed by atoms with Crippen LogP contribution < -0.4 is 10.2 Å². The first-order valence-corrected chi connectivity index (χ1v) is 11.6. The van der Waals surface area contributed by atoms with Crippen LogP contribution in [0.4, 0.5) is 0 Å². The van der Waals surface area contributed by atoms with E-state index in [1.807, 2.05) is 18.2 Å². The van der Waals surface area contributed by atoms with Crippen molar-refractivity contribution < 1.29 is 19.4 Å². The SMILES string of the molecule is COc1cc(-c2coc3cc(CO)cc(CO)c3c2=O)ccc1CC/C=C(\C)CCC=C(C)C. The number of allylic oxidation sites excluding steroid dienone is 4. The van der Waals surface area contributed by atoms with Gasteiger partial charge in [-0.1, -0.05) is 41.5 Å². The number of rotatable bonds is 10. The van der Waals surface area contributed by atoms with E-state index in [-0.39, 0.29) is 18.6 Å². The van der Waals surface area contributed by atoms with Gasteiger partial charge in [0.25, 0.3) is 0 Å². The molecular weight excluding hydrogens is 428 g/mol. The van der Waals surface area contributed by atoms with Crippen molar-refractivity contribution in [2.45, 2.75) is 59.7 Å². The number of benzene rings is 2. The molecule has 3 rings (SSSR count). The molecule has 0 spiro atoms. The van der Waals surface area contributed by atoms with Crippen LogP contribution >= 0.6 is 0 Å². The summed E-state index contributed by atoms with van der Waals surface area (Å²) in [5.74, 6) is 0.727. The van der Waals surface area contributed by atoms with Crippen LogP contribution in [0.15, 0.2) is 69.1 Å². The molecule has 0 aliphatic heterocycles. The molecular formula is C29H34O5. The van der Waals surface area contributed by atoms with Gasteiger partial charge in [-0.2, -0.15) is 0 Å². The predicted molar refractivity (Wildman–Crippen MR) is 137 cm³/mol. The van der Waals surface area contributed by atoms with E-state index >= 15 is 0 Å². The summed E-state index contributed by atoms with van der Waals surface area (Å²) < 4.78 is 11.4. The van der Waals surface area contributed by atoms with Gasteiger partial charge in [0.05, 0.1) is 31.3 Å². The number of hydrogen-bond donors (Lipinski definition) is 2. The van der Waals surface area contributed by atoms with Gasteiger partial charge >= 0.3 is 0 Å². The third-order valence-electron chi connectivity index (χ3n) is 5.97. The lowest BCUT2D eigenvalue weighted by molar-refractivity contribution is 0.276. The maximum atomic E-state index is 13.3. The minimum absolute atomic E-state index is 0.197. The number of fused-ring (bicyclic) bond motifs is 1. The van der Waals surface area contributed by atoms with E-state index in [9.17, 15) is 15.0 Å². The molecule has 0 saturated carbocycles. The molecule has 2 aromatic carbocycles. The van der Waals surface area contributed by atoms with Gasteiger partial charge in [0.1, 0.15) is 17.6 Å². The molecule has 0 amide bonds. The van der Waals surface area contributed by atoms with E-state index in [2.05, 4.69) is 32.9 Å². The molecule has 0 aliphatic rings. The van der Waals surface area contributed by atoms with Gasteiger partial charge in [0, 0.05) is 0 Å². The van der Waals surface area contributed by atoms with Crippen molar-refractivity contribution >= 4 is 11.0 Å². The van der Waals surface area contributed by atoms with Crippen LogP contribution in [-0.4, -0.2) is 17.3 Å². The standard InChI is InChI=1S/C29H34O5/c1-19(2)7-5-8-20(3)9-6-10-22-11-12-23(15-26(22)33-4)25-18-34-27-14-21(16-30)13-24(17-31)28(27)29(25)32/h7,9,11-15,18,30-31H,5-6,8,10,16-17H2,1-4H3/b20-9+. The lowest BCUT2D eigenvalue weighted by atomic mass is 9.98. The second-order valence-electron chi connectivity index (χ2n) is 8.86. The number of aliphatic hydroxyl groups is 2. The van der Waals surface area contributed by atoms with Crippen LogP contribution in [0, 0.1) is 0 Å². The van der Waals surface area contributed by atoms with E-state index in [4.69, 9.17) is 9.15 Å². The highest BCUT2D eigenvalue weighted by Gasteiger charge is 2.15. The Bertz CT molecular complexity index is 1260. The van der Waals surface area contributed by atoms with Crippen molar-refractivity contribution in [3.05, 3.63) is 86.8 Å². The molecule has 2 N–H and O–H groups in total. The molecule has 1 heterocycles. The number of methoxy groups -OCH3 is 1. The Kier molecular flexibility index (Phi) is 8.85. The smallest absolute Gasteiger partial charge is 0.200 e. The maximum Gasteiger partial charge on any atom is 0.200 e. The highest BCUT2D eigenvalue weighted by Crippen LogP contribution is 2.29. The first-order valence-electron chi connectivity index (χ1n) is 11.6. The number of ether oxygens (including phenoxy) is 1. The normalized spacial score (nSPS) is 11.6. The molecule has 0 unspecified atom stereocenters. The van der Waals surface area contributed by atoms with Crippen molar-refractivity contribution in [1.82, 2.24) is 0 Å². The summed E-state index contributed by atoms with van der Waals surface area (Å²) >= 11 is 0. The minimum atomic E-state index is -0.317. The largest absolute Gasteiger partial charge is 0.496 e. The molecule has 0 bridgehead atoms. The summed E-state index contributed by atoms with van der Waals surface area (Å²) in [7, 11) is 1.63. The second-order valence-corrected chi connectivity index (χ2v) is 8.86. The van der Waals surface area contributed by atoms with E-state index in [0.29, 0.717) is 33.2 Å². The Morgan fingerprint density at radius 2 is 1.79 bits per heavy atom. The summed E-state index contributed by atoms with van der Waals surface area (Å²) in [6.45, 7) is 5.90. The first-order chi connectivity index (χ1) is 16.4. The van der Waals surface area contributed by atoms with E-state index in [0.717, 1.165) is 37.0 Å². The monoisotopic (exact) mass is 462 g/mol. The molecule has 1 aromatic heterocycles. The molecule has 0 radical (unpaired) electrons. The summed E-state index contributed by atoms with van der Waals surface area (Å²) in [6.07, 6.45) is 9.86. The third kappa shape index (κ3) is 6.04. The molecule has 5 nitrogen and oxygen atoms in total. The van der Waals surface area contributed by atoms with Gasteiger partial charge in [-0.05, 0) is 80.8 Å². The Morgan fingerprint density at radius 3 is 2.47 bits per heavy atom. The average Bonchev–Trinajstić information content (AvgIpc) is 2.83. The van der Waals surface area contributed by atoms with Crippen LogP contribution in [0.3, 0.4) is 0 Å². The predicted octanol–water partition coefficient (Wildman–Crippen LogP) is 6.08. The fraction of sp³-hybridized carbons (Fsp3) is 0.345. The molecule has 0 fully saturated rings. The topological polar surface area (TPSA) is 79.9 Å². The van der Waals surface area contributed by atoms with Crippen LogP contribution in [0.25, 0.3) is 22.1 Å². The quantitative estimate of drug-likeness (QED) is 0.357. The van der Waals surface area contributed by atoms with Crippen LogP contribution in [0.5, 0.6) is 5.75 Å². The first kappa shape index (κ1) is 25.5. The summed E-state index contributed by atoms with van der Waals surface area (Å²) in [5, 5.41) is 19.5. The van der Waals surface area contributed by atoms with Gasteiger partial charge < -0.3 is 19.4 Å². The zero-order chi connectivity index (χ0) is 24.7. The molecule has 5 heteroatoms. The summed E-state index contributed by atoms with van der Waals surface area (Å²) in [5.41, 5.74) is 6.05. The minimum Gasteiger partial charge on any atom is -0.496 e. The average molecular weight is 463 g/mol. The fourth-order valence-corrected chi connectivity index (χ4v) is 4.10. The molecule has 0 saturated heterocycles. The van der Waals surface area contributed by atoms with Crippen molar-refractivity contribution in [1.29, 1.82) is 0 Å². The zero-order valence-electron chi connectivity index (χ0n) is 20.5. The Hall–Kier alpha value is -3.15. The Labute approximate surface area is 201 Å². The highest BCUT2D eigenvalue weighted by molar-refractivity contribution is 5.85.